The molecule has 12 heavy (non-hydrogen) atoms. The van der Waals surface area contributed by atoms with E-state index in [9.17, 15) is 0 Å². The molecule has 0 saturated heterocycles. The van der Waals surface area contributed by atoms with Crippen LogP contribution >= 0.6 is 0 Å². The Labute approximate surface area is 73.7 Å². The van der Waals surface area contributed by atoms with E-state index in [0.29, 0.717) is 5.92 Å². The molecular formula is C11H14O. The maximum atomic E-state index is 4.85. The first-order valence-electron chi connectivity index (χ1n) is 4.09. The molecule has 0 N–H and O–H groups in total. The van der Waals surface area contributed by atoms with E-state index in [0.717, 1.165) is 0 Å². The van der Waals surface area contributed by atoms with Crippen molar-refractivity contribution < 1.29 is 4.74 Å². The molecule has 0 heterocycles. The molecule has 1 heteroatoms. The van der Waals surface area contributed by atoms with Gasteiger partial charge in [-0.2, -0.15) is 0 Å². The van der Waals surface area contributed by atoms with Crippen LogP contribution in [0.4, 0.5) is 0 Å². The largest absolute Gasteiger partial charge is 0.505 e. The standard InChI is InChI=1S/C11H14O/c1-10(8-9-12-2)11-6-4-3-5-7-11/h3-10H,1-2H3. The fraction of sp³-hybridized carbons (Fsp3) is 0.273. The minimum absolute atomic E-state index is 0.422. The van der Waals surface area contributed by atoms with E-state index in [4.69, 9.17) is 4.74 Å². The zero-order chi connectivity index (χ0) is 8.81. The lowest BCUT2D eigenvalue weighted by atomic mass is 10.0. The normalized spacial score (nSPS) is 13.2. The number of rotatable bonds is 3. The van der Waals surface area contributed by atoms with Gasteiger partial charge in [-0.3, -0.25) is 0 Å². The van der Waals surface area contributed by atoms with Crippen molar-refractivity contribution in [2.75, 3.05) is 7.11 Å². The van der Waals surface area contributed by atoms with Crippen molar-refractivity contribution in [1.29, 1.82) is 0 Å². The fourth-order valence-corrected chi connectivity index (χ4v) is 1.06. The van der Waals surface area contributed by atoms with Gasteiger partial charge in [0.25, 0.3) is 0 Å². The molecule has 0 aliphatic carbocycles. The predicted octanol–water partition coefficient (Wildman–Crippen LogP) is 2.95. The van der Waals surface area contributed by atoms with Crippen molar-refractivity contribution in [2.24, 2.45) is 0 Å². The van der Waals surface area contributed by atoms with Crippen LogP contribution in [0.2, 0.25) is 0 Å². The van der Waals surface area contributed by atoms with Crippen molar-refractivity contribution in [2.45, 2.75) is 12.8 Å². The lowest BCUT2D eigenvalue weighted by molar-refractivity contribution is 0.336. The van der Waals surface area contributed by atoms with Gasteiger partial charge in [0.1, 0.15) is 0 Å². The number of hydrogen-bond acceptors (Lipinski definition) is 1. The summed E-state index contributed by atoms with van der Waals surface area (Å²) < 4.78 is 4.85. The molecule has 1 atom stereocenters. The summed E-state index contributed by atoms with van der Waals surface area (Å²) in [7, 11) is 1.66. The first-order chi connectivity index (χ1) is 5.84. The minimum atomic E-state index is 0.422. The molecule has 1 unspecified atom stereocenters. The van der Waals surface area contributed by atoms with Crippen LogP contribution in [0.25, 0.3) is 0 Å². The Kier molecular flexibility index (Phi) is 3.39. The minimum Gasteiger partial charge on any atom is -0.505 e. The number of allylic oxidation sites excluding steroid dienone is 1. The van der Waals surface area contributed by atoms with Gasteiger partial charge in [0.05, 0.1) is 13.4 Å². The van der Waals surface area contributed by atoms with Gasteiger partial charge in [-0.25, -0.2) is 0 Å². The van der Waals surface area contributed by atoms with Crippen LogP contribution in [0.15, 0.2) is 42.7 Å². The van der Waals surface area contributed by atoms with Crippen molar-refractivity contribution in [3.8, 4) is 0 Å². The Morgan fingerprint density at radius 3 is 2.50 bits per heavy atom. The molecule has 0 saturated carbocycles. The molecule has 0 aliphatic rings. The highest BCUT2D eigenvalue weighted by Gasteiger charge is 1.98. The Morgan fingerprint density at radius 2 is 1.92 bits per heavy atom. The zero-order valence-corrected chi connectivity index (χ0v) is 7.53. The first kappa shape index (κ1) is 8.85. The molecule has 64 valence electrons. The second-order valence-corrected chi connectivity index (χ2v) is 2.76. The topological polar surface area (TPSA) is 9.23 Å². The molecule has 0 fully saturated rings. The molecule has 1 rings (SSSR count). The molecule has 0 spiro atoms. The summed E-state index contributed by atoms with van der Waals surface area (Å²) >= 11 is 0. The quantitative estimate of drug-likeness (QED) is 0.621. The Bertz CT molecular complexity index is 238. The smallest absolute Gasteiger partial charge is 0.0790 e. The van der Waals surface area contributed by atoms with E-state index in [1.54, 1.807) is 13.4 Å². The highest BCUT2D eigenvalue weighted by atomic mass is 16.5. The third kappa shape index (κ3) is 2.42. The Morgan fingerprint density at radius 1 is 1.25 bits per heavy atom. The highest BCUT2D eigenvalue weighted by Crippen LogP contribution is 2.15. The van der Waals surface area contributed by atoms with Crippen LogP contribution in [0.1, 0.15) is 18.4 Å². The van der Waals surface area contributed by atoms with Gasteiger partial charge in [0.2, 0.25) is 0 Å². The van der Waals surface area contributed by atoms with Gasteiger partial charge in [-0.1, -0.05) is 37.3 Å². The van der Waals surface area contributed by atoms with Crippen LogP contribution in [0.5, 0.6) is 0 Å². The van der Waals surface area contributed by atoms with E-state index < -0.39 is 0 Å². The van der Waals surface area contributed by atoms with Gasteiger partial charge in [-0.15, -0.1) is 0 Å². The number of hydrogen-bond donors (Lipinski definition) is 0. The van der Waals surface area contributed by atoms with Crippen LogP contribution < -0.4 is 0 Å². The molecule has 1 nitrogen and oxygen atoms in total. The molecular weight excluding hydrogens is 148 g/mol. The van der Waals surface area contributed by atoms with Crippen molar-refractivity contribution >= 4 is 0 Å². The maximum Gasteiger partial charge on any atom is 0.0790 e. The average Bonchev–Trinajstić information content (AvgIpc) is 2.15. The summed E-state index contributed by atoms with van der Waals surface area (Å²) in [5.74, 6) is 0.422. The van der Waals surface area contributed by atoms with Gasteiger partial charge in [0.15, 0.2) is 0 Å². The Balaban J connectivity index is 2.65. The summed E-state index contributed by atoms with van der Waals surface area (Å²) in [6, 6.07) is 10.4. The van der Waals surface area contributed by atoms with E-state index in [1.165, 1.54) is 5.56 Å². The summed E-state index contributed by atoms with van der Waals surface area (Å²) in [6.07, 6.45) is 3.76. The monoisotopic (exact) mass is 162 g/mol. The molecule has 0 bridgehead atoms. The molecule has 1 aromatic carbocycles. The third-order valence-electron chi connectivity index (χ3n) is 1.83. The first-order valence-corrected chi connectivity index (χ1v) is 4.09. The van der Waals surface area contributed by atoms with E-state index >= 15 is 0 Å². The number of ether oxygens (including phenoxy) is 1. The summed E-state index contributed by atoms with van der Waals surface area (Å²) in [5, 5.41) is 0. The zero-order valence-electron chi connectivity index (χ0n) is 7.53. The lowest BCUT2D eigenvalue weighted by Crippen LogP contribution is -1.87. The lowest BCUT2D eigenvalue weighted by Gasteiger charge is -2.04. The van der Waals surface area contributed by atoms with Crippen molar-refractivity contribution in [1.82, 2.24) is 0 Å². The number of methoxy groups -OCH3 is 1. The summed E-state index contributed by atoms with van der Waals surface area (Å²) in [4.78, 5) is 0. The summed E-state index contributed by atoms with van der Waals surface area (Å²) in [6.45, 7) is 2.14. The molecule has 0 amide bonds. The van der Waals surface area contributed by atoms with Crippen LogP contribution in [-0.2, 0) is 4.74 Å². The van der Waals surface area contributed by atoms with Crippen LogP contribution in [0.3, 0.4) is 0 Å². The highest BCUT2D eigenvalue weighted by molar-refractivity contribution is 5.22. The molecule has 1 aromatic rings. The predicted molar refractivity (Wildman–Crippen MR) is 51.0 cm³/mol. The van der Waals surface area contributed by atoms with Crippen LogP contribution in [0, 0.1) is 0 Å². The fourth-order valence-electron chi connectivity index (χ4n) is 1.06. The van der Waals surface area contributed by atoms with E-state index in [1.807, 2.05) is 24.3 Å². The van der Waals surface area contributed by atoms with E-state index in [-0.39, 0.29) is 0 Å². The van der Waals surface area contributed by atoms with Crippen LogP contribution in [-0.4, -0.2) is 7.11 Å². The third-order valence-corrected chi connectivity index (χ3v) is 1.83. The second kappa shape index (κ2) is 4.60. The van der Waals surface area contributed by atoms with Crippen molar-refractivity contribution in [3.05, 3.63) is 48.2 Å². The molecule has 0 aromatic heterocycles. The van der Waals surface area contributed by atoms with Crippen molar-refractivity contribution in [3.63, 3.8) is 0 Å². The van der Waals surface area contributed by atoms with Gasteiger partial charge >= 0.3 is 0 Å². The molecule has 0 radical (unpaired) electrons. The van der Waals surface area contributed by atoms with Gasteiger partial charge < -0.3 is 4.74 Å². The SMILES string of the molecule is COC=CC(C)c1ccccc1. The van der Waals surface area contributed by atoms with Gasteiger partial charge in [0, 0.05) is 5.92 Å². The van der Waals surface area contributed by atoms with E-state index in [2.05, 4.69) is 19.1 Å². The summed E-state index contributed by atoms with van der Waals surface area (Å²) in [5.41, 5.74) is 1.31. The Hall–Kier alpha value is -1.24. The average molecular weight is 162 g/mol. The van der Waals surface area contributed by atoms with Gasteiger partial charge in [-0.05, 0) is 11.6 Å². The molecule has 0 aliphatic heterocycles. The maximum absolute atomic E-state index is 4.85. The second-order valence-electron chi connectivity index (χ2n) is 2.76. The number of benzene rings is 1.